The Bertz CT molecular complexity index is 1580. The lowest BCUT2D eigenvalue weighted by Crippen LogP contribution is -2.30. The Balaban J connectivity index is 4.13. The van der Waals surface area contributed by atoms with Crippen LogP contribution in [-0.2, 0) is 28.6 Å². The van der Waals surface area contributed by atoms with E-state index in [1.165, 1.54) is 180 Å². The zero-order chi connectivity index (χ0) is 58.5. The lowest BCUT2D eigenvalue weighted by Gasteiger charge is -2.18. The van der Waals surface area contributed by atoms with Crippen LogP contribution < -0.4 is 0 Å². The van der Waals surface area contributed by atoms with E-state index in [0.717, 1.165) is 122 Å². The van der Waals surface area contributed by atoms with Gasteiger partial charge in [-0.15, -0.1) is 0 Å². The summed E-state index contributed by atoms with van der Waals surface area (Å²) in [6.45, 7) is 6.51. The molecule has 0 saturated carbocycles. The first-order valence-corrected chi connectivity index (χ1v) is 34.7. The summed E-state index contributed by atoms with van der Waals surface area (Å²) in [6, 6.07) is 0. The fourth-order valence-electron chi connectivity index (χ4n) is 9.89. The second kappa shape index (κ2) is 68.8. The Labute approximate surface area is 502 Å². The van der Waals surface area contributed by atoms with E-state index >= 15 is 0 Å². The van der Waals surface area contributed by atoms with Crippen molar-refractivity contribution in [2.75, 3.05) is 13.2 Å². The summed E-state index contributed by atoms with van der Waals surface area (Å²) in [5, 5.41) is 0. The van der Waals surface area contributed by atoms with Gasteiger partial charge in [0, 0.05) is 19.3 Å². The maximum Gasteiger partial charge on any atom is 0.306 e. The molecule has 1 unspecified atom stereocenters. The molecule has 81 heavy (non-hydrogen) atoms. The van der Waals surface area contributed by atoms with Crippen molar-refractivity contribution in [3.63, 3.8) is 0 Å². The van der Waals surface area contributed by atoms with E-state index in [1.807, 2.05) is 0 Å². The van der Waals surface area contributed by atoms with Crippen molar-refractivity contribution in [1.29, 1.82) is 0 Å². The number of hydrogen-bond acceptors (Lipinski definition) is 6. The van der Waals surface area contributed by atoms with E-state index in [4.69, 9.17) is 14.2 Å². The number of carbonyl (C=O) groups excluding carboxylic acids is 3. The molecule has 0 aromatic carbocycles. The normalized spacial score (nSPS) is 12.7. The van der Waals surface area contributed by atoms with E-state index in [0.29, 0.717) is 19.3 Å². The van der Waals surface area contributed by atoms with Crippen LogP contribution in [-0.4, -0.2) is 37.2 Å². The van der Waals surface area contributed by atoms with Gasteiger partial charge in [0.15, 0.2) is 6.10 Å². The molecular weight excluding hydrogens is 997 g/mol. The fraction of sp³-hybridized carbons (Fsp3) is 0.747. The van der Waals surface area contributed by atoms with Crippen molar-refractivity contribution in [3.8, 4) is 0 Å². The van der Waals surface area contributed by atoms with Crippen molar-refractivity contribution >= 4 is 17.9 Å². The third-order valence-corrected chi connectivity index (χ3v) is 15.1. The summed E-state index contributed by atoms with van der Waals surface area (Å²) in [4.78, 5) is 38.2. The molecule has 6 nitrogen and oxygen atoms in total. The standard InChI is InChI=1S/C75H130O6/c1-4-7-10-13-16-19-21-23-25-27-29-31-32-33-34-35-36-37-38-39-40-41-42-44-45-47-49-51-53-56-59-62-65-68-74(77)80-71-72(70-79-73(76)67-64-61-58-55-18-15-12-9-6-3)81-75(78)69-66-63-60-57-54-52-50-48-46-43-30-28-26-24-22-20-17-14-11-8-5-2/h8,11,17,20-21,23-24,26-27,29-30,32-33,43,48,50,72H,4-7,9-10,12-16,18-19,22,25,28,31,34-42,44-47,49,51-71H2,1-3H3/b11-8-,20-17-,23-21-,26-24-,29-27-,33-32-,43-30-,50-48-. The lowest BCUT2D eigenvalue weighted by atomic mass is 10.0. The number of carbonyl (C=O) groups is 3. The largest absolute Gasteiger partial charge is 0.462 e. The second-order valence-electron chi connectivity index (χ2n) is 23.1. The zero-order valence-electron chi connectivity index (χ0n) is 53.5. The van der Waals surface area contributed by atoms with Gasteiger partial charge in [0.2, 0.25) is 0 Å². The summed E-state index contributed by atoms with van der Waals surface area (Å²) in [6.07, 6.45) is 93.1. The molecule has 0 aromatic heterocycles. The number of hydrogen-bond donors (Lipinski definition) is 0. The van der Waals surface area contributed by atoms with E-state index in [1.54, 1.807) is 0 Å². The van der Waals surface area contributed by atoms with Crippen molar-refractivity contribution in [2.24, 2.45) is 0 Å². The summed E-state index contributed by atoms with van der Waals surface area (Å²) < 4.78 is 16.9. The Morgan fingerprint density at radius 3 is 0.753 bits per heavy atom. The van der Waals surface area contributed by atoms with Gasteiger partial charge in [-0.1, -0.05) is 317 Å². The molecule has 0 heterocycles. The van der Waals surface area contributed by atoms with Crippen LogP contribution in [0, 0.1) is 0 Å². The quantitative estimate of drug-likeness (QED) is 0.0261. The lowest BCUT2D eigenvalue weighted by molar-refractivity contribution is -0.167. The van der Waals surface area contributed by atoms with Crippen LogP contribution in [0.4, 0.5) is 0 Å². The maximum atomic E-state index is 12.9. The highest BCUT2D eigenvalue weighted by Crippen LogP contribution is 2.17. The smallest absolute Gasteiger partial charge is 0.306 e. The first-order valence-electron chi connectivity index (χ1n) is 34.7. The molecular formula is C75H130O6. The predicted octanol–water partition coefficient (Wildman–Crippen LogP) is 24.0. The van der Waals surface area contributed by atoms with Gasteiger partial charge in [-0.25, -0.2) is 0 Å². The number of rotatable bonds is 63. The van der Waals surface area contributed by atoms with Gasteiger partial charge in [0.05, 0.1) is 0 Å². The van der Waals surface area contributed by atoms with E-state index in [9.17, 15) is 14.4 Å². The van der Waals surface area contributed by atoms with Gasteiger partial charge < -0.3 is 14.2 Å². The second-order valence-corrected chi connectivity index (χ2v) is 23.1. The summed E-state index contributed by atoms with van der Waals surface area (Å²) in [5.41, 5.74) is 0. The van der Waals surface area contributed by atoms with Crippen LogP contribution in [0.25, 0.3) is 0 Å². The number of allylic oxidation sites excluding steroid dienone is 16. The average Bonchev–Trinajstić information content (AvgIpc) is 3.47. The highest BCUT2D eigenvalue weighted by Gasteiger charge is 2.19. The average molecular weight is 1130 g/mol. The van der Waals surface area contributed by atoms with Gasteiger partial charge in [-0.3, -0.25) is 14.4 Å². The van der Waals surface area contributed by atoms with Crippen molar-refractivity contribution in [2.45, 2.75) is 348 Å². The Kier molecular flexibility index (Phi) is 65.7. The number of ether oxygens (including phenoxy) is 3. The molecule has 0 rings (SSSR count). The van der Waals surface area contributed by atoms with Gasteiger partial charge >= 0.3 is 17.9 Å². The topological polar surface area (TPSA) is 78.9 Å². The highest BCUT2D eigenvalue weighted by molar-refractivity contribution is 5.71. The maximum absolute atomic E-state index is 12.9. The molecule has 0 bridgehead atoms. The van der Waals surface area contributed by atoms with Gasteiger partial charge in [0.25, 0.3) is 0 Å². The predicted molar refractivity (Wildman–Crippen MR) is 353 cm³/mol. The molecule has 0 saturated heterocycles. The van der Waals surface area contributed by atoms with Crippen LogP contribution >= 0.6 is 0 Å². The summed E-state index contributed by atoms with van der Waals surface area (Å²) >= 11 is 0. The third-order valence-electron chi connectivity index (χ3n) is 15.1. The number of unbranched alkanes of at least 4 members (excludes halogenated alkanes) is 36. The molecule has 0 aromatic rings. The van der Waals surface area contributed by atoms with Crippen LogP contribution in [0.1, 0.15) is 342 Å². The van der Waals surface area contributed by atoms with Crippen molar-refractivity contribution in [1.82, 2.24) is 0 Å². The molecule has 0 fully saturated rings. The van der Waals surface area contributed by atoms with Gasteiger partial charge in [-0.2, -0.15) is 0 Å². The third kappa shape index (κ3) is 67.0. The molecule has 0 aliphatic carbocycles. The molecule has 0 aliphatic heterocycles. The monoisotopic (exact) mass is 1130 g/mol. The van der Waals surface area contributed by atoms with Crippen LogP contribution in [0.3, 0.4) is 0 Å². The fourth-order valence-corrected chi connectivity index (χ4v) is 9.89. The van der Waals surface area contributed by atoms with E-state index < -0.39 is 6.10 Å². The number of esters is 3. The summed E-state index contributed by atoms with van der Waals surface area (Å²) in [7, 11) is 0. The minimum absolute atomic E-state index is 0.0821. The van der Waals surface area contributed by atoms with Gasteiger partial charge in [-0.05, 0) is 103 Å². The van der Waals surface area contributed by atoms with Crippen LogP contribution in [0.15, 0.2) is 97.2 Å². The molecule has 0 aliphatic rings. The molecule has 0 spiro atoms. The molecule has 0 N–H and O–H groups in total. The van der Waals surface area contributed by atoms with E-state index in [2.05, 4.69) is 118 Å². The molecule has 0 amide bonds. The Morgan fingerprint density at radius 2 is 0.481 bits per heavy atom. The molecule has 0 radical (unpaired) electrons. The molecule has 6 heteroatoms. The van der Waals surface area contributed by atoms with Crippen LogP contribution in [0.5, 0.6) is 0 Å². The van der Waals surface area contributed by atoms with Gasteiger partial charge in [0.1, 0.15) is 13.2 Å². The van der Waals surface area contributed by atoms with E-state index in [-0.39, 0.29) is 31.1 Å². The SMILES string of the molecule is CC/C=C\C/C=C\C/C=C\C/C=C\C/C=C\CCCCCCCC(=O)OC(COC(=O)CCCCCCCCCCC)COC(=O)CCCCCCCCCCCCCCCCCCCC/C=C\C/C=C\C/C=C\CCCCCCC. The Morgan fingerprint density at radius 1 is 0.259 bits per heavy atom. The first kappa shape index (κ1) is 77.3. The minimum atomic E-state index is -0.786. The molecule has 1 atom stereocenters. The van der Waals surface area contributed by atoms with Crippen molar-refractivity contribution in [3.05, 3.63) is 97.2 Å². The van der Waals surface area contributed by atoms with Crippen molar-refractivity contribution < 1.29 is 28.6 Å². The summed E-state index contributed by atoms with van der Waals surface area (Å²) in [5.74, 6) is -0.891. The first-order chi connectivity index (χ1) is 40.0. The molecule has 466 valence electrons. The highest BCUT2D eigenvalue weighted by atomic mass is 16.6. The van der Waals surface area contributed by atoms with Crippen LogP contribution in [0.2, 0.25) is 0 Å². The Hall–Kier alpha value is -3.67. The zero-order valence-corrected chi connectivity index (χ0v) is 53.5. The minimum Gasteiger partial charge on any atom is -0.462 e.